The number of hydrogen-bond donors (Lipinski definition) is 3. The fraction of sp³-hybridized carbons (Fsp3) is 0.438. The van der Waals surface area contributed by atoms with Gasteiger partial charge < -0.3 is 20.7 Å². The summed E-state index contributed by atoms with van der Waals surface area (Å²) in [6.45, 7) is 2.54. The summed E-state index contributed by atoms with van der Waals surface area (Å²) < 4.78 is 5.20. The lowest BCUT2D eigenvalue weighted by atomic mass is 9.99. The van der Waals surface area contributed by atoms with Gasteiger partial charge in [0, 0.05) is 37.4 Å². The van der Waals surface area contributed by atoms with Crippen LogP contribution in [0.15, 0.2) is 24.3 Å². The Morgan fingerprint density at radius 2 is 1.61 bits per heavy atom. The minimum Gasteiger partial charge on any atom is -0.381 e. The molecule has 7 heteroatoms. The topological polar surface area (TPSA) is 96.5 Å². The third kappa shape index (κ3) is 5.71. The zero-order valence-corrected chi connectivity index (χ0v) is 13.1. The van der Waals surface area contributed by atoms with Crippen molar-refractivity contribution >= 4 is 29.1 Å². The highest BCUT2D eigenvalue weighted by molar-refractivity contribution is 5.95. The van der Waals surface area contributed by atoms with Crippen molar-refractivity contribution in [2.45, 2.75) is 19.8 Å². The number of rotatable bonds is 5. The highest BCUT2D eigenvalue weighted by atomic mass is 16.5. The number of nitrogens with one attached hydrogen (secondary N) is 3. The van der Waals surface area contributed by atoms with Gasteiger partial charge in [-0.15, -0.1) is 0 Å². The first-order chi connectivity index (χ1) is 11.0. The molecule has 3 amide bonds. The van der Waals surface area contributed by atoms with Crippen LogP contribution in [0, 0.1) is 5.92 Å². The van der Waals surface area contributed by atoms with Crippen LogP contribution in [0.4, 0.5) is 11.4 Å². The first-order valence-electron chi connectivity index (χ1n) is 7.57. The minimum absolute atomic E-state index is 0.0658. The molecule has 2 rings (SSSR count). The van der Waals surface area contributed by atoms with E-state index in [1.165, 1.54) is 6.92 Å². The largest absolute Gasteiger partial charge is 0.381 e. The fourth-order valence-corrected chi connectivity index (χ4v) is 2.32. The Labute approximate surface area is 134 Å². The van der Waals surface area contributed by atoms with Crippen LogP contribution < -0.4 is 16.0 Å². The lowest BCUT2D eigenvalue weighted by molar-refractivity contribution is -0.129. The summed E-state index contributed by atoms with van der Waals surface area (Å²) >= 11 is 0. The second-order valence-corrected chi connectivity index (χ2v) is 5.41. The summed E-state index contributed by atoms with van der Waals surface area (Å²) in [6, 6.07) is 6.75. The molecule has 0 spiro atoms. The SMILES string of the molecule is CC(=O)Nc1ccc(NC(=O)CNC(=O)C2CCOCC2)cc1. The summed E-state index contributed by atoms with van der Waals surface area (Å²) in [7, 11) is 0. The number of carbonyl (C=O) groups is 3. The molecular weight excluding hydrogens is 298 g/mol. The number of benzene rings is 1. The van der Waals surface area contributed by atoms with Gasteiger partial charge >= 0.3 is 0 Å². The zero-order valence-electron chi connectivity index (χ0n) is 13.1. The summed E-state index contributed by atoms with van der Waals surface area (Å²) in [6.07, 6.45) is 1.39. The summed E-state index contributed by atoms with van der Waals surface area (Å²) in [5.41, 5.74) is 1.26. The highest BCUT2D eigenvalue weighted by Gasteiger charge is 2.21. The molecule has 1 fully saturated rings. The van der Waals surface area contributed by atoms with Crippen molar-refractivity contribution in [2.24, 2.45) is 5.92 Å². The zero-order chi connectivity index (χ0) is 16.7. The molecule has 7 nitrogen and oxygen atoms in total. The van der Waals surface area contributed by atoms with Crippen LogP contribution in [0.3, 0.4) is 0 Å². The summed E-state index contributed by atoms with van der Waals surface area (Å²) in [5.74, 6) is -0.631. The number of carbonyl (C=O) groups excluding carboxylic acids is 3. The first-order valence-corrected chi connectivity index (χ1v) is 7.57. The predicted octanol–water partition coefficient (Wildman–Crippen LogP) is 1.13. The predicted molar refractivity (Wildman–Crippen MR) is 85.9 cm³/mol. The number of amides is 3. The second kappa shape index (κ2) is 8.28. The van der Waals surface area contributed by atoms with Gasteiger partial charge in [-0.25, -0.2) is 0 Å². The molecule has 1 aromatic rings. The minimum atomic E-state index is -0.294. The monoisotopic (exact) mass is 319 g/mol. The standard InChI is InChI=1S/C16H21N3O4/c1-11(20)18-13-2-4-14(5-3-13)19-15(21)10-17-16(22)12-6-8-23-9-7-12/h2-5,12H,6-10H2,1H3,(H,17,22)(H,18,20)(H,19,21). The summed E-state index contributed by atoms with van der Waals surface area (Å²) in [5, 5.41) is 7.98. The Morgan fingerprint density at radius 1 is 1.04 bits per heavy atom. The molecule has 0 unspecified atom stereocenters. The Hall–Kier alpha value is -2.41. The van der Waals surface area contributed by atoms with Crippen LogP contribution >= 0.6 is 0 Å². The molecule has 1 aliphatic heterocycles. The lowest BCUT2D eigenvalue weighted by Crippen LogP contribution is -2.38. The maximum Gasteiger partial charge on any atom is 0.243 e. The van der Waals surface area contributed by atoms with E-state index >= 15 is 0 Å². The molecule has 1 heterocycles. The van der Waals surface area contributed by atoms with Gasteiger partial charge in [0.1, 0.15) is 0 Å². The molecule has 0 bridgehead atoms. The Balaban J connectivity index is 1.75. The van der Waals surface area contributed by atoms with Crippen molar-refractivity contribution in [1.29, 1.82) is 0 Å². The van der Waals surface area contributed by atoms with Crippen LogP contribution in [0.5, 0.6) is 0 Å². The fourth-order valence-electron chi connectivity index (χ4n) is 2.32. The van der Waals surface area contributed by atoms with Gasteiger partial charge in [-0.05, 0) is 37.1 Å². The molecule has 0 aromatic heterocycles. The van der Waals surface area contributed by atoms with Gasteiger partial charge in [-0.3, -0.25) is 14.4 Å². The van der Waals surface area contributed by atoms with E-state index in [-0.39, 0.29) is 30.2 Å². The van der Waals surface area contributed by atoms with E-state index in [4.69, 9.17) is 4.74 Å². The van der Waals surface area contributed by atoms with E-state index in [1.807, 2.05) is 0 Å². The van der Waals surface area contributed by atoms with E-state index in [2.05, 4.69) is 16.0 Å². The van der Waals surface area contributed by atoms with E-state index in [0.29, 0.717) is 37.4 Å². The van der Waals surface area contributed by atoms with Crippen LogP contribution in [0.25, 0.3) is 0 Å². The molecule has 0 saturated carbocycles. The molecule has 0 aliphatic carbocycles. The maximum atomic E-state index is 11.9. The van der Waals surface area contributed by atoms with Crippen molar-refractivity contribution in [3.8, 4) is 0 Å². The van der Waals surface area contributed by atoms with Crippen molar-refractivity contribution in [2.75, 3.05) is 30.4 Å². The Kier molecular flexibility index (Phi) is 6.10. The molecule has 124 valence electrons. The maximum absolute atomic E-state index is 11.9. The van der Waals surface area contributed by atoms with Gasteiger partial charge in [-0.1, -0.05) is 0 Å². The molecular formula is C16H21N3O4. The average Bonchev–Trinajstić information content (AvgIpc) is 2.55. The van der Waals surface area contributed by atoms with Gasteiger partial charge in [0.05, 0.1) is 6.54 Å². The van der Waals surface area contributed by atoms with Crippen LogP contribution in [0.1, 0.15) is 19.8 Å². The lowest BCUT2D eigenvalue weighted by Gasteiger charge is -2.21. The highest BCUT2D eigenvalue weighted by Crippen LogP contribution is 2.15. The average molecular weight is 319 g/mol. The Bertz CT molecular complexity index is 565. The van der Waals surface area contributed by atoms with Gasteiger partial charge in [0.25, 0.3) is 0 Å². The molecule has 1 aliphatic rings. The van der Waals surface area contributed by atoms with Crippen LogP contribution in [-0.2, 0) is 19.1 Å². The third-order valence-corrected chi connectivity index (χ3v) is 3.50. The van der Waals surface area contributed by atoms with Crippen LogP contribution in [-0.4, -0.2) is 37.5 Å². The van der Waals surface area contributed by atoms with Gasteiger partial charge in [0.15, 0.2) is 0 Å². The molecule has 3 N–H and O–H groups in total. The van der Waals surface area contributed by atoms with Gasteiger partial charge in [0.2, 0.25) is 17.7 Å². The second-order valence-electron chi connectivity index (χ2n) is 5.41. The first kappa shape index (κ1) is 17.0. The molecule has 1 aromatic carbocycles. The molecule has 1 saturated heterocycles. The van der Waals surface area contributed by atoms with E-state index in [1.54, 1.807) is 24.3 Å². The van der Waals surface area contributed by atoms with Crippen molar-refractivity contribution in [3.05, 3.63) is 24.3 Å². The van der Waals surface area contributed by atoms with E-state index in [9.17, 15) is 14.4 Å². The molecule has 0 radical (unpaired) electrons. The third-order valence-electron chi connectivity index (χ3n) is 3.50. The van der Waals surface area contributed by atoms with Gasteiger partial charge in [-0.2, -0.15) is 0 Å². The van der Waals surface area contributed by atoms with Crippen molar-refractivity contribution < 1.29 is 19.1 Å². The molecule has 23 heavy (non-hydrogen) atoms. The smallest absolute Gasteiger partial charge is 0.243 e. The summed E-state index contributed by atoms with van der Waals surface area (Å²) in [4.78, 5) is 34.7. The number of hydrogen-bond acceptors (Lipinski definition) is 4. The van der Waals surface area contributed by atoms with E-state index < -0.39 is 0 Å². The van der Waals surface area contributed by atoms with Crippen molar-refractivity contribution in [3.63, 3.8) is 0 Å². The van der Waals surface area contributed by atoms with Crippen molar-refractivity contribution in [1.82, 2.24) is 5.32 Å². The van der Waals surface area contributed by atoms with E-state index in [0.717, 1.165) is 0 Å². The quantitative estimate of drug-likeness (QED) is 0.758. The Morgan fingerprint density at radius 3 is 2.17 bits per heavy atom. The van der Waals surface area contributed by atoms with Crippen LogP contribution in [0.2, 0.25) is 0 Å². The number of ether oxygens (including phenoxy) is 1. The number of anilines is 2. The normalized spacial score (nSPS) is 14.8. The molecule has 0 atom stereocenters.